The second-order valence-electron chi connectivity index (χ2n) is 9.08. The maximum Gasteiger partial charge on any atom is 0.341 e. The fourth-order valence-electron chi connectivity index (χ4n) is 4.91. The van der Waals surface area contributed by atoms with Gasteiger partial charge in [0.15, 0.2) is 0 Å². The van der Waals surface area contributed by atoms with Crippen molar-refractivity contribution in [3.8, 4) is 22.5 Å². The van der Waals surface area contributed by atoms with Crippen molar-refractivity contribution < 1.29 is 9.53 Å². The first-order chi connectivity index (χ1) is 17.2. The normalized spacial score (nSPS) is 13.0. The van der Waals surface area contributed by atoms with E-state index in [0.29, 0.717) is 12.2 Å². The Hall–Kier alpha value is -3.67. The van der Waals surface area contributed by atoms with Crippen molar-refractivity contribution in [2.24, 2.45) is 0 Å². The van der Waals surface area contributed by atoms with Crippen LogP contribution in [0.15, 0.2) is 60.9 Å². The van der Waals surface area contributed by atoms with Gasteiger partial charge in [-0.15, -0.1) is 0 Å². The van der Waals surface area contributed by atoms with Gasteiger partial charge in [0.25, 0.3) is 0 Å². The van der Waals surface area contributed by atoms with Crippen LogP contribution < -0.4 is 0 Å². The SMILES string of the molecule is CCCCc1c(C(=O)OCC)cnn1-c1cccc(-c2cccc(-n3ncc4c3CCCC4)c2)c1. The largest absolute Gasteiger partial charge is 0.462 e. The van der Waals surface area contributed by atoms with Crippen LogP contribution in [0, 0.1) is 0 Å². The third-order valence-electron chi connectivity index (χ3n) is 6.71. The molecular weight excluding hydrogens is 436 g/mol. The first kappa shape index (κ1) is 23.1. The van der Waals surface area contributed by atoms with Crippen molar-refractivity contribution in [1.29, 1.82) is 0 Å². The Labute approximate surface area is 206 Å². The Bertz CT molecular complexity index is 1330. The van der Waals surface area contributed by atoms with Gasteiger partial charge in [-0.25, -0.2) is 14.2 Å². The number of aromatic nitrogens is 4. The predicted molar refractivity (Wildman–Crippen MR) is 137 cm³/mol. The van der Waals surface area contributed by atoms with Gasteiger partial charge >= 0.3 is 5.97 Å². The number of hydrogen-bond acceptors (Lipinski definition) is 4. The van der Waals surface area contributed by atoms with E-state index >= 15 is 0 Å². The summed E-state index contributed by atoms with van der Waals surface area (Å²) in [5, 5.41) is 9.29. The van der Waals surface area contributed by atoms with Gasteiger partial charge in [0, 0.05) is 5.69 Å². The average molecular weight is 469 g/mol. The van der Waals surface area contributed by atoms with E-state index in [1.54, 1.807) is 6.20 Å². The van der Waals surface area contributed by atoms with Gasteiger partial charge in [-0.3, -0.25) is 0 Å². The van der Waals surface area contributed by atoms with Crippen molar-refractivity contribution in [1.82, 2.24) is 19.6 Å². The molecule has 0 amide bonds. The van der Waals surface area contributed by atoms with Gasteiger partial charge in [-0.1, -0.05) is 37.6 Å². The number of hydrogen-bond donors (Lipinski definition) is 0. The monoisotopic (exact) mass is 468 g/mol. The van der Waals surface area contributed by atoms with Gasteiger partial charge in [-0.2, -0.15) is 10.2 Å². The van der Waals surface area contributed by atoms with Crippen LogP contribution in [-0.4, -0.2) is 32.1 Å². The molecule has 6 heteroatoms. The number of nitrogens with zero attached hydrogens (tertiary/aromatic N) is 4. The summed E-state index contributed by atoms with van der Waals surface area (Å²) < 4.78 is 9.27. The van der Waals surface area contributed by atoms with Crippen LogP contribution in [0.1, 0.15) is 66.8 Å². The highest BCUT2D eigenvalue weighted by molar-refractivity contribution is 5.90. The summed E-state index contributed by atoms with van der Waals surface area (Å²) in [6.07, 6.45) is 11.1. The molecule has 0 saturated heterocycles. The van der Waals surface area contributed by atoms with Crippen LogP contribution in [0.2, 0.25) is 0 Å². The highest BCUT2D eigenvalue weighted by Gasteiger charge is 2.20. The first-order valence-electron chi connectivity index (χ1n) is 12.7. The summed E-state index contributed by atoms with van der Waals surface area (Å²) in [4.78, 5) is 12.5. The molecule has 0 bridgehead atoms. The minimum atomic E-state index is -0.309. The number of benzene rings is 2. The average Bonchev–Trinajstić information content (AvgIpc) is 3.52. The molecule has 1 aliphatic carbocycles. The molecule has 0 aliphatic heterocycles. The lowest BCUT2D eigenvalue weighted by molar-refractivity contribution is 0.0525. The van der Waals surface area contributed by atoms with Crippen LogP contribution in [0.25, 0.3) is 22.5 Å². The molecule has 0 N–H and O–H groups in total. The molecule has 0 atom stereocenters. The highest BCUT2D eigenvalue weighted by atomic mass is 16.5. The molecule has 2 aromatic carbocycles. The third kappa shape index (κ3) is 4.65. The number of ether oxygens (including phenoxy) is 1. The standard InChI is InChI=1S/C29H32N4O2/c1-3-5-15-28-26(29(34)35-4-2)20-31-33(28)25-14-9-12-22(18-25)21-11-8-13-24(17-21)32-27-16-7-6-10-23(27)19-30-32/h8-9,11-14,17-20H,3-7,10,15-16H2,1-2H3. The van der Waals surface area contributed by atoms with Crippen molar-refractivity contribution in [2.75, 3.05) is 6.61 Å². The molecule has 2 heterocycles. The molecule has 5 rings (SSSR count). The molecule has 2 aromatic heterocycles. The number of rotatable bonds is 8. The van der Waals surface area contributed by atoms with Crippen molar-refractivity contribution in [3.63, 3.8) is 0 Å². The van der Waals surface area contributed by atoms with E-state index in [2.05, 4.69) is 53.1 Å². The molecule has 0 unspecified atom stereocenters. The van der Waals surface area contributed by atoms with Gasteiger partial charge in [-0.05, 0) is 86.4 Å². The molecule has 0 saturated carbocycles. The smallest absolute Gasteiger partial charge is 0.341 e. The summed E-state index contributed by atoms with van der Waals surface area (Å²) in [7, 11) is 0. The Morgan fingerprint density at radius 1 is 0.914 bits per heavy atom. The summed E-state index contributed by atoms with van der Waals surface area (Å²) in [6.45, 7) is 4.32. The summed E-state index contributed by atoms with van der Waals surface area (Å²) in [6, 6.07) is 16.9. The van der Waals surface area contributed by atoms with E-state index in [1.165, 1.54) is 24.1 Å². The van der Waals surface area contributed by atoms with Gasteiger partial charge in [0.2, 0.25) is 0 Å². The number of carbonyl (C=O) groups excluding carboxylic acids is 1. The Kier molecular flexibility index (Phi) is 6.80. The zero-order chi connectivity index (χ0) is 24.2. The van der Waals surface area contributed by atoms with Crippen LogP contribution >= 0.6 is 0 Å². The maximum absolute atomic E-state index is 12.5. The summed E-state index contributed by atoms with van der Waals surface area (Å²) in [5.74, 6) is -0.309. The molecule has 35 heavy (non-hydrogen) atoms. The molecule has 0 fully saturated rings. The van der Waals surface area contributed by atoms with E-state index in [9.17, 15) is 4.79 Å². The number of carbonyl (C=O) groups is 1. The van der Waals surface area contributed by atoms with Crippen LogP contribution in [0.5, 0.6) is 0 Å². The van der Waals surface area contributed by atoms with E-state index in [1.807, 2.05) is 29.9 Å². The summed E-state index contributed by atoms with van der Waals surface area (Å²) in [5.41, 5.74) is 8.41. The molecular formula is C29H32N4O2. The number of esters is 1. The molecule has 0 radical (unpaired) electrons. The zero-order valence-corrected chi connectivity index (χ0v) is 20.5. The second kappa shape index (κ2) is 10.3. The van der Waals surface area contributed by atoms with Gasteiger partial charge in [0.05, 0.1) is 36.1 Å². The topological polar surface area (TPSA) is 61.9 Å². The van der Waals surface area contributed by atoms with Crippen molar-refractivity contribution in [2.45, 2.75) is 58.8 Å². The van der Waals surface area contributed by atoms with E-state index < -0.39 is 0 Å². The lowest BCUT2D eigenvalue weighted by Crippen LogP contribution is -2.10. The number of aryl methyl sites for hydroxylation is 1. The minimum absolute atomic E-state index is 0.309. The van der Waals surface area contributed by atoms with Gasteiger partial charge in [0.1, 0.15) is 5.56 Å². The molecule has 0 spiro atoms. The van der Waals surface area contributed by atoms with E-state index in [-0.39, 0.29) is 5.97 Å². The second-order valence-corrected chi connectivity index (χ2v) is 9.08. The Morgan fingerprint density at radius 3 is 2.31 bits per heavy atom. The highest BCUT2D eigenvalue weighted by Crippen LogP contribution is 2.28. The van der Waals surface area contributed by atoms with Crippen LogP contribution in [0.3, 0.4) is 0 Å². The Morgan fingerprint density at radius 2 is 1.60 bits per heavy atom. The van der Waals surface area contributed by atoms with Gasteiger partial charge < -0.3 is 4.74 Å². The number of fused-ring (bicyclic) bond motifs is 1. The van der Waals surface area contributed by atoms with Crippen LogP contribution in [0.4, 0.5) is 0 Å². The van der Waals surface area contributed by atoms with E-state index in [0.717, 1.165) is 60.3 Å². The quantitative estimate of drug-likeness (QED) is 0.292. The van der Waals surface area contributed by atoms with E-state index in [4.69, 9.17) is 9.84 Å². The molecule has 180 valence electrons. The lowest BCUT2D eigenvalue weighted by atomic mass is 9.98. The molecule has 1 aliphatic rings. The number of unbranched alkanes of at least 4 members (excludes halogenated alkanes) is 1. The molecule has 6 nitrogen and oxygen atoms in total. The van der Waals surface area contributed by atoms with Crippen molar-refractivity contribution in [3.05, 3.63) is 83.4 Å². The maximum atomic E-state index is 12.5. The van der Waals surface area contributed by atoms with Crippen molar-refractivity contribution >= 4 is 5.97 Å². The fourth-order valence-corrected chi connectivity index (χ4v) is 4.91. The lowest BCUT2D eigenvalue weighted by Gasteiger charge is -2.15. The first-order valence-corrected chi connectivity index (χ1v) is 12.7. The minimum Gasteiger partial charge on any atom is -0.462 e. The Balaban J connectivity index is 1.50. The predicted octanol–water partition coefficient (Wildman–Crippen LogP) is 6.12. The zero-order valence-electron chi connectivity index (χ0n) is 20.5. The summed E-state index contributed by atoms with van der Waals surface area (Å²) >= 11 is 0. The third-order valence-corrected chi connectivity index (χ3v) is 6.71. The molecule has 4 aromatic rings. The van der Waals surface area contributed by atoms with Crippen LogP contribution in [-0.2, 0) is 24.0 Å². The fraction of sp³-hybridized carbons (Fsp3) is 0.345.